The van der Waals surface area contributed by atoms with Crippen molar-refractivity contribution in [2.45, 2.75) is 19.8 Å². The van der Waals surface area contributed by atoms with Crippen molar-refractivity contribution in [2.24, 2.45) is 0 Å². The quantitative estimate of drug-likeness (QED) is 0.726. The third-order valence-electron chi connectivity index (χ3n) is 3.65. The summed E-state index contributed by atoms with van der Waals surface area (Å²) in [5, 5.41) is 2.15. The molecule has 0 unspecified atom stereocenters. The molecule has 0 radical (unpaired) electrons. The van der Waals surface area contributed by atoms with Crippen LogP contribution < -0.4 is 5.01 Å². The van der Waals surface area contributed by atoms with Gasteiger partial charge in [-0.05, 0) is 36.5 Å². The summed E-state index contributed by atoms with van der Waals surface area (Å²) in [5.41, 5.74) is 7.17. The number of nitrogens with zero attached hydrogens (tertiary/aromatic N) is 2. The lowest BCUT2D eigenvalue weighted by Crippen LogP contribution is -2.25. The molecule has 2 nitrogen and oxygen atoms in total. The molecule has 0 aliphatic heterocycles. The number of rotatable bonds is 1. The zero-order valence-electron chi connectivity index (χ0n) is 10.7. The Balaban J connectivity index is 2.30. The van der Waals surface area contributed by atoms with E-state index in [1.165, 1.54) is 40.8 Å². The van der Waals surface area contributed by atoms with Gasteiger partial charge in [-0.15, -0.1) is 0 Å². The fourth-order valence-electron chi connectivity index (χ4n) is 2.80. The molecular formula is C15H18N2. The minimum atomic E-state index is 1.17. The van der Waals surface area contributed by atoms with E-state index in [4.69, 9.17) is 0 Å². The minimum Gasteiger partial charge on any atom is -0.319 e. The van der Waals surface area contributed by atoms with E-state index in [0.717, 1.165) is 0 Å². The summed E-state index contributed by atoms with van der Waals surface area (Å²) in [7, 11) is 4.19. The summed E-state index contributed by atoms with van der Waals surface area (Å²) >= 11 is 0. The first-order valence-corrected chi connectivity index (χ1v) is 6.15. The molecular weight excluding hydrogens is 208 g/mol. The van der Waals surface area contributed by atoms with Crippen LogP contribution in [0.4, 0.5) is 0 Å². The number of fused-ring (bicyclic) bond motifs is 3. The van der Waals surface area contributed by atoms with E-state index in [1.54, 1.807) is 0 Å². The maximum Gasteiger partial charge on any atom is 0.0731 e. The molecule has 0 bridgehead atoms. The van der Waals surface area contributed by atoms with Crippen molar-refractivity contribution in [3.63, 3.8) is 0 Å². The van der Waals surface area contributed by atoms with Gasteiger partial charge in [-0.2, -0.15) is 0 Å². The van der Waals surface area contributed by atoms with Crippen molar-refractivity contribution in [3.8, 4) is 11.3 Å². The first kappa shape index (κ1) is 10.5. The first-order chi connectivity index (χ1) is 8.18. The van der Waals surface area contributed by atoms with Crippen LogP contribution in [0, 0.1) is 6.92 Å². The van der Waals surface area contributed by atoms with Gasteiger partial charge in [0.25, 0.3) is 0 Å². The lowest BCUT2D eigenvalue weighted by atomic mass is 9.89. The Hall–Kier alpha value is -1.70. The predicted molar refractivity (Wildman–Crippen MR) is 72.1 cm³/mol. The van der Waals surface area contributed by atoms with Crippen LogP contribution in [0.1, 0.15) is 16.7 Å². The van der Waals surface area contributed by atoms with Crippen LogP contribution in [0.15, 0.2) is 30.5 Å². The Morgan fingerprint density at radius 3 is 2.65 bits per heavy atom. The molecule has 2 aromatic rings. The third-order valence-corrected chi connectivity index (χ3v) is 3.65. The van der Waals surface area contributed by atoms with E-state index >= 15 is 0 Å². The van der Waals surface area contributed by atoms with Gasteiger partial charge in [0.05, 0.1) is 5.69 Å². The molecule has 0 fully saturated rings. The van der Waals surface area contributed by atoms with Gasteiger partial charge >= 0.3 is 0 Å². The Morgan fingerprint density at radius 1 is 1.12 bits per heavy atom. The van der Waals surface area contributed by atoms with E-state index in [1.807, 2.05) is 0 Å². The van der Waals surface area contributed by atoms with E-state index in [2.05, 4.69) is 61.2 Å². The first-order valence-electron chi connectivity index (χ1n) is 6.15. The second-order valence-electron chi connectivity index (χ2n) is 4.99. The minimum absolute atomic E-state index is 1.17. The molecule has 1 aromatic carbocycles. The average molecular weight is 226 g/mol. The SMILES string of the molecule is Cc1cn(N(C)C)c2c1CCc1ccccc1-2. The maximum absolute atomic E-state index is 2.27. The number of hydrogen-bond acceptors (Lipinski definition) is 1. The van der Waals surface area contributed by atoms with E-state index < -0.39 is 0 Å². The monoisotopic (exact) mass is 226 g/mol. The second kappa shape index (κ2) is 3.66. The maximum atomic E-state index is 2.27. The van der Waals surface area contributed by atoms with Gasteiger partial charge in [0, 0.05) is 25.9 Å². The normalized spacial score (nSPS) is 13.1. The Bertz CT molecular complexity index is 564. The van der Waals surface area contributed by atoms with Crippen LogP contribution in [0.2, 0.25) is 0 Å². The highest BCUT2D eigenvalue weighted by molar-refractivity contribution is 5.72. The standard InChI is InChI=1S/C15H18N2/c1-11-10-17(16(2)3)15-13(11)9-8-12-6-4-5-7-14(12)15/h4-7,10H,8-9H2,1-3H3. The molecule has 0 saturated carbocycles. The number of aromatic nitrogens is 1. The molecule has 1 aromatic heterocycles. The van der Waals surface area contributed by atoms with E-state index in [9.17, 15) is 0 Å². The zero-order chi connectivity index (χ0) is 12.0. The van der Waals surface area contributed by atoms with Crippen molar-refractivity contribution in [2.75, 3.05) is 19.1 Å². The molecule has 3 rings (SSSR count). The number of benzene rings is 1. The van der Waals surface area contributed by atoms with Gasteiger partial charge in [0.15, 0.2) is 0 Å². The smallest absolute Gasteiger partial charge is 0.0731 e. The van der Waals surface area contributed by atoms with Crippen molar-refractivity contribution in [1.82, 2.24) is 4.68 Å². The summed E-state index contributed by atoms with van der Waals surface area (Å²) in [6, 6.07) is 8.77. The lowest BCUT2D eigenvalue weighted by molar-refractivity contribution is 0.736. The number of aryl methyl sites for hydroxylation is 2. The van der Waals surface area contributed by atoms with E-state index in [-0.39, 0.29) is 0 Å². The van der Waals surface area contributed by atoms with Gasteiger partial charge < -0.3 is 5.01 Å². The highest BCUT2D eigenvalue weighted by Crippen LogP contribution is 2.35. The molecule has 0 spiro atoms. The van der Waals surface area contributed by atoms with Crippen molar-refractivity contribution in [3.05, 3.63) is 47.2 Å². The van der Waals surface area contributed by atoms with Gasteiger partial charge in [-0.25, -0.2) is 0 Å². The van der Waals surface area contributed by atoms with Crippen molar-refractivity contribution < 1.29 is 0 Å². The fourth-order valence-corrected chi connectivity index (χ4v) is 2.80. The van der Waals surface area contributed by atoms with Crippen LogP contribution in [0.3, 0.4) is 0 Å². The molecule has 0 saturated heterocycles. The lowest BCUT2D eigenvalue weighted by Gasteiger charge is -2.23. The Morgan fingerprint density at radius 2 is 1.88 bits per heavy atom. The summed E-state index contributed by atoms with van der Waals surface area (Å²) in [6.07, 6.45) is 4.58. The van der Waals surface area contributed by atoms with Crippen molar-refractivity contribution in [1.29, 1.82) is 0 Å². The third kappa shape index (κ3) is 1.47. The zero-order valence-corrected chi connectivity index (χ0v) is 10.7. The highest BCUT2D eigenvalue weighted by atomic mass is 15.5. The molecule has 1 aliphatic rings. The van der Waals surface area contributed by atoms with Gasteiger partial charge in [0.2, 0.25) is 0 Å². The van der Waals surface area contributed by atoms with Crippen LogP contribution in [0.5, 0.6) is 0 Å². The average Bonchev–Trinajstić information content (AvgIpc) is 2.67. The number of hydrogen-bond donors (Lipinski definition) is 0. The van der Waals surface area contributed by atoms with E-state index in [0.29, 0.717) is 0 Å². The van der Waals surface area contributed by atoms with Gasteiger partial charge in [-0.1, -0.05) is 24.3 Å². The molecule has 1 heterocycles. The Kier molecular flexibility index (Phi) is 2.25. The summed E-state index contributed by atoms with van der Waals surface area (Å²) in [5.74, 6) is 0. The summed E-state index contributed by atoms with van der Waals surface area (Å²) in [6.45, 7) is 2.22. The topological polar surface area (TPSA) is 8.17 Å². The summed E-state index contributed by atoms with van der Waals surface area (Å²) < 4.78 is 2.27. The highest BCUT2D eigenvalue weighted by Gasteiger charge is 2.22. The van der Waals surface area contributed by atoms with Crippen molar-refractivity contribution >= 4 is 0 Å². The van der Waals surface area contributed by atoms with Crippen LogP contribution in [-0.4, -0.2) is 18.8 Å². The second-order valence-corrected chi connectivity index (χ2v) is 4.99. The fraction of sp³-hybridized carbons (Fsp3) is 0.333. The molecule has 2 heteroatoms. The molecule has 1 aliphatic carbocycles. The molecule has 0 N–H and O–H groups in total. The summed E-state index contributed by atoms with van der Waals surface area (Å²) in [4.78, 5) is 0. The van der Waals surface area contributed by atoms with Gasteiger partial charge in [-0.3, -0.25) is 4.68 Å². The largest absolute Gasteiger partial charge is 0.319 e. The van der Waals surface area contributed by atoms with Crippen LogP contribution in [-0.2, 0) is 12.8 Å². The molecule has 0 amide bonds. The molecule has 88 valence electrons. The van der Waals surface area contributed by atoms with Crippen LogP contribution in [0.25, 0.3) is 11.3 Å². The van der Waals surface area contributed by atoms with Gasteiger partial charge in [0.1, 0.15) is 0 Å². The molecule has 0 atom stereocenters. The predicted octanol–water partition coefficient (Wildman–Crippen LogP) is 2.76. The van der Waals surface area contributed by atoms with Crippen LogP contribution >= 0.6 is 0 Å². The Labute approximate surface area is 102 Å². The molecule has 17 heavy (non-hydrogen) atoms.